The molecule has 4 bridgehead atoms. The number of hydrogen-bond donors (Lipinski definition) is 0. The number of carbonyl (C=O) groups excluding carboxylic acids is 2. The second-order valence-corrected chi connectivity index (χ2v) is 7.32. The monoisotopic (exact) mass is 344 g/mol. The maximum Gasteiger partial charge on any atom is 0.339 e. The molecule has 0 radical (unpaired) electrons. The summed E-state index contributed by atoms with van der Waals surface area (Å²) in [5, 5.41) is 0.0324. The average molecular weight is 345 g/mol. The quantitative estimate of drug-likeness (QED) is 0.447. The van der Waals surface area contributed by atoms with Crippen LogP contribution in [0.15, 0.2) is 0 Å². The molecule has 4 aliphatic carbocycles. The van der Waals surface area contributed by atoms with E-state index in [-0.39, 0.29) is 17.5 Å². The highest BCUT2D eigenvalue weighted by atomic mass is 79.9. The summed E-state index contributed by atoms with van der Waals surface area (Å²) >= 11 is 2.96. The first kappa shape index (κ1) is 14.5. The van der Waals surface area contributed by atoms with Gasteiger partial charge in [-0.3, -0.25) is 4.79 Å². The lowest BCUT2D eigenvalue weighted by molar-refractivity contribution is -0.202. The van der Waals surface area contributed by atoms with Gasteiger partial charge in [-0.15, -0.1) is 0 Å². The molecule has 4 saturated carbocycles. The van der Waals surface area contributed by atoms with Crippen LogP contribution < -0.4 is 0 Å². The molecule has 0 aromatic rings. The third-order valence-corrected chi connectivity index (χ3v) is 6.05. The molecule has 0 spiro atoms. The first-order valence-corrected chi connectivity index (χ1v) is 8.56. The van der Waals surface area contributed by atoms with E-state index in [0.717, 1.165) is 11.8 Å². The number of halogens is 1. The second kappa shape index (κ2) is 5.41. The predicted octanol–water partition coefficient (Wildman–Crippen LogP) is 2.68. The third kappa shape index (κ3) is 2.54. The van der Waals surface area contributed by atoms with Gasteiger partial charge >= 0.3 is 11.9 Å². The Bertz CT molecular complexity index is 392. The molecule has 4 fully saturated rings. The topological polar surface area (TPSA) is 52.6 Å². The molecular formula is C15H21BrO4. The van der Waals surface area contributed by atoms with Crippen molar-refractivity contribution >= 4 is 27.9 Å². The van der Waals surface area contributed by atoms with Gasteiger partial charge in [-0.05, 0) is 62.7 Å². The van der Waals surface area contributed by atoms with E-state index in [1.807, 2.05) is 0 Å². The van der Waals surface area contributed by atoms with Gasteiger partial charge in [0.1, 0.15) is 11.9 Å². The van der Waals surface area contributed by atoms with Crippen molar-refractivity contribution < 1.29 is 19.1 Å². The van der Waals surface area contributed by atoms with Crippen LogP contribution in [0.1, 0.15) is 39.0 Å². The number of esters is 2. The summed E-state index contributed by atoms with van der Waals surface area (Å²) in [6.07, 6.45) is 6.33. The Morgan fingerprint density at radius 1 is 1.05 bits per heavy atom. The fourth-order valence-corrected chi connectivity index (χ4v) is 4.87. The van der Waals surface area contributed by atoms with E-state index >= 15 is 0 Å². The zero-order valence-electron chi connectivity index (χ0n) is 11.8. The Hall–Kier alpha value is -0.420. The van der Waals surface area contributed by atoms with E-state index in [1.165, 1.54) is 32.1 Å². The van der Waals surface area contributed by atoms with Crippen molar-refractivity contribution in [1.29, 1.82) is 0 Å². The van der Waals surface area contributed by atoms with Crippen LogP contribution in [-0.4, -0.2) is 29.5 Å². The Kier molecular flexibility index (Phi) is 3.93. The average Bonchev–Trinajstić information content (AvgIpc) is 2.42. The van der Waals surface area contributed by atoms with Crippen molar-refractivity contribution in [2.75, 3.05) is 11.9 Å². The van der Waals surface area contributed by atoms with Crippen LogP contribution in [0.5, 0.6) is 0 Å². The van der Waals surface area contributed by atoms with Gasteiger partial charge in [0, 0.05) is 0 Å². The van der Waals surface area contributed by atoms with E-state index in [4.69, 9.17) is 4.74 Å². The number of carbonyl (C=O) groups is 2. The van der Waals surface area contributed by atoms with Crippen molar-refractivity contribution in [2.24, 2.45) is 23.7 Å². The lowest BCUT2D eigenvalue weighted by Crippen LogP contribution is -2.57. The summed E-state index contributed by atoms with van der Waals surface area (Å²) in [4.78, 5) is 22.7. The van der Waals surface area contributed by atoms with Gasteiger partial charge in [-0.25, -0.2) is 4.79 Å². The zero-order valence-corrected chi connectivity index (χ0v) is 13.4. The lowest BCUT2D eigenvalue weighted by atomic mass is 9.50. The molecule has 0 aliphatic heterocycles. The summed E-state index contributed by atoms with van der Waals surface area (Å²) in [5.74, 6) is 1.74. The SMILES string of the molecule is CC1(OCC(=O)OC(=O)CBr)C2CC3CC(C2)CC1C3. The first-order valence-electron chi connectivity index (χ1n) is 7.44. The molecule has 0 atom stereocenters. The van der Waals surface area contributed by atoms with Crippen molar-refractivity contribution in [3.05, 3.63) is 0 Å². The standard InChI is InChI=1S/C15H21BrO4/c1-15(19-8-14(18)20-13(17)7-16)11-3-9-2-10(5-11)6-12(15)4-9/h9-12H,2-8H2,1H3. The molecule has 112 valence electrons. The van der Waals surface area contributed by atoms with Crippen LogP contribution in [0, 0.1) is 23.7 Å². The molecular weight excluding hydrogens is 324 g/mol. The lowest BCUT2D eigenvalue weighted by Gasteiger charge is -2.59. The fraction of sp³-hybridized carbons (Fsp3) is 0.867. The second-order valence-electron chi connectivity index (χ2n) is 6.76. The maximum atomic E-state index is 11.6. The van der Waals surface area contributed by atoms with Crippen LogP contribution in [0.4, 0.5) is 0 Å². The van der Waals surface area contributed by atoms with E-state index in [1.54, 1.807) is 0 Å². The van der Waals surface area contributed by atoms with E-state index in [9.17, 15) is 9.59 Å². The van der Waals surface area contributed by atoms with Gasteiger partial charge in [0.25, 0.3) is 0 Å². The molecule has 0 amide bonds. The molecule has 0 saturated heterocycles. The van der Waals surface area contributed by atoms with Crippen LogP contribution >= 0.6 is 15.9 Å². The largest absolute Gasteiger partial charge is 0.391 e. The molecule has 0 aromatic heterocycles. The number of alkyl halides is 1. The molecule has 5 heteroatoms. The molecule has 4 rings (SSSR count). The summed E-state index contributed by atoms with van der Waals surface area (Å²) in [7, 11) is 0. The van der Waals surface area contributed by atoms with Gasteiger partial charge in [-0.1, -0.05) is 15.9 Å². The van der Waals surface area contributed by atoms with Crippen molar-refractivity contribution in [3.63, 3.8) is 0 Å². The minimum atomic E-state index is -0.579. The summed E-state index contributed by atoms with van der Waals surface area (Å²) in [6, 6.07) is 0. The minimum Gasteiger partial charge on any atom is -0.391 e. The Labute approximate surface area is 127 Å². The molecule has 20 heavy (non-hydrogen) atoms. The van der Waals surface area contributed by atoms with Gasteiger partial charge in [0.2, 0.25) is 0 Å². The fourth-order valence-electron chi connectivity index (χ4n) is 4.75. The van der Waals surface area contributed by atoms with Crippen molar-refractivity contribution in [3.8, 4) is 0 Å². The first-order chi connectivity index (χ1) is 9.51. The van der Waals surface area contributed by atoms with Crippen LogP contribution in [0.2, 0.25) is 0 Å². The highest BCUT2D eigenvalue weighted by Crippen LogP contribution is 2.59. The van der Waals surface area contributed by atoms with Gasteiger partial charge < -0.3 is 9.47 Å². The van der Waals surface area contributed by atoms with Gasteiger partial charge in [0.15, 0.2) is 0 Å². The molecule has 0 unspecified atom stereocenters. The van der Waals surface area contributed by atoms with E-state index in [0.29, 0.717) is 11.8 Å². The van der Waals surface area contributed by atoms with E-state index in [2.05, 4.69) is 27.6 Å². The summed E-state index contributed by atoms with van der Waals surface area (Å²) in [6.45, 7) is 2.04. The highest BCUT2D eigenvalue weighted by Gasteiger charge is 2.55. The van der Waals surface area contributed by atoms with Crippen LogP contribution in [0.25, 0.3) is 0 Å². The Balaban J connectivity index is 1.59. The molecule has 4 aliphatic rings. The Morgan fingerprint density at radius 3 is 2.10 bits per heavy atom. The number of ether oxygens (including phenoxy) is 2. The molecule has 4 nitrogen and oxygen atoms in total. The maximum absolute atomic E-state index is 11.6. The molecule has 0 heterocycles. The Morgan fingerprint density at radius 2 is 1.60 bits per heavy atom. The number of rotatable bonds is 4. The predicted molar refractivity (Wildman–Crippen MR) is 76.3 cm³/mol. The summed E-state index contributed by atoms with van der Waals surface area (Å²) in [5.41, 5.74) is -0.204. The number of hydrogen-bond acceptors (Lipinski definition) is 4. The smallest absolute Gasteiger partial charge is 0.339 e. The third-order valence-electron chi connectivity index (χ3n) is 5.60. The van der Waals surface area contributed by atoms with Crippen molar-refractivity contribution in [2.45, 2.75) is 44.6 Å². The van der Waals surface area contributed by atoms with Gasteiger partial charge in [-0.2, -0.15) is 0 Å². The summed E-state index contributed by atoms with van der Waals surface area (Å²) < 4.78 is 10.6. The zero-order chi connectivity index (χ0) is 14.3. The highest BCUT2D eigenvalue weighted by molar-refractivity contribution is 9.09. The normalized spacial score (nSPS) is 41.7. The van der Waals surface area contributed by atoms with E-state index < -0.39 is 11.9 Å². The minimum absolute atomic E-state index is 0.0324. The van der Waals surface area contributed by atoms with Gasteiger partial charge in [0.05, 0.1) is 5.60 Å². The van der Waals surface area contributed by atoms with Crippen molar-refractivity contribution in [1.82, 2.24) is 0 Å². The van der Waals surface area contributed by atoms with Crippen LogP contribution in [0.3, 0.4) is 0 Å². The van der Waals surface area contributed by atoms with Crippen LogP contribution in [-0.2, 0) is 19.1 Å². The molecule has 0 aromatic carbocycles. The molecule has 0 N–H and O–H groups in total.